The molecule has 0 spiro atoms. The molecule has 0 unspecified atom stereocenters. The van der Waals surface area contributed by atoms with Crippen LogP contribution in [0.2, 0.25) is 0 Å². The van der Waals surface area contributed by atoms with Crippen LogP contribution < -0.4 is 9.13 Å². The molecular weight excluding hydrogens is 460 g/mol. The lowest BCUT2D eigenvalue weighted by molar-refractivity contribution is -0.702. The number of rotatable bonds is 13. The third-order valence-corrected chi connectivity index (χ3v) is 6.79. The van der Waals surface area contributed by atoms with Crippen molar-refractivity contribution in [2.45, 2.75) is 38.8 Å². The van der Waals surface area contributed by atoms with Crippen LogP contribution in [0.15, 0.2) is 136 Å². The summed E-state index contributed by atoms with van der Waals surface area (Å²) in [6.07, 6.45) is 11.1. The molecular formula is C36H38N2+2. The number of hydrogen-bond acceptors (Lipinski definition) is 0. The molecule has 0 atom stereocenters. The molecule has 2 heterocycles. The van der Waals surface area contributed by atoms with E-state index in [1.807, 2.05) is 24.3 Å². The highest BCUT2D eigenvalue weighted by atomic mass is 15.0. The number of pyridine rings is 2. The fraction of sp³-hybridized carbons (Fsp3) is 0.167. The van der Waals surface area contributed by atoms with Crippen molar-refractivity contribution in [3.63, 3.8) is 0 Å². The van der Waals surface area contributed by atoms with Gasteiger partial charge < -0.3 is 0 Å². The van der Waals surface area contributed by atoms with Crippen LogP contribution in [0, 0.1) is 0 Å². The fourth-order valence-electron chi connectivity index (χ4n) is 5.02. The fourth-order valence-corrected chi connectivity index (χ4v) is 5.02. The van der Waals surface area contributed by atoms with E-state index in [2.05, 4.69) is 120 Å². The summed E-state index contributed by atoms with van der Waals surface area (Å²) < 4.78 is 4.83. The van der Waals surface area contributed by atoms with Gasteiger partial charge in [0.05, 0.1) is 25.7 Å². The highest BCUT2D eigenvalue weighted by Crippen LogP contribution is 2.24. The van der Waals surface area contributed by atoms with Gasteiger partial charge in [0.25, 0.3) is 0 Å². The molecule has 4 aromatic rings. The van der Waals surface area contributed by atoms with Gasteiger partial charge in [0.1, 0.15) is 0 Å². The largest absolute Gasteiger partial charge is 0.195 e. The number of benzene rings is 2. The summed E-state index contributed by atoms with van der Waals surface area (Å²) in [5.41, 5.74) is 9.97. The van der Waals surface area contributed by atoms with Gasteiger partial charge in [0.15, 0.2) is 35.9 Å². The minimum absolute atomic E-state index is 0.796. The Hall–Kier alpha value is -4.30. The predicted octanol–water partition coefficient (Wildman–Crippen LogP) is 6.94. The second-order valence-corrected chi connectivity index (χ2v) is 9.57. The zero-order valence-electron chi connectivity index (χ0n) is 22.4. The molecule has 0 bridgehead atoms. The van der Waals surface area contributed by atoms with Gasteiger partial charge in [0.2, 0.25) is 0 Å². The van der Waals surface area contributed by atoms with Crippen LogP contribution in [0.4, 0.5) is 0 Å². The van der Waals surface area contributed by atoms with Crippen molar-refractivity contribution in [2.75, 3.05) is 0 Å². The first kappa shape index (κ1) is 26.8. The maximum Gasteiger partial charge on any atom is 0.186 e. The van der Waals surface area contributed by atoms with Crippen molar-refractivity contribution >= 4 is 0 Å². The van der Waals surface area contributed by atoms with Gasteiger partial charge in [-0.2, -0.15) is 9.13 Å². The van der Waals surface area contributed by atoms with E-state index in [0.29, 0.717) is 0 Å². The molecule has 0 aliphatic heterocycles. The molecule has 0 fully saturated rings. The van der Waals surface area contributed by atoms with E-state index < -0.39 is 0 Å². The molecule has 0 amide bonds. The third-order valence-electron chi connectivity index (χ3n) is 6.79. The molecule has 0 radical (unpaired) electrons. The molecule has 0 saturated carbocycles. The standard InChI is InChI=1S/C36H38N2/c1-5-15-33-23-31(24-34(16-6-2)37(33)27-29-19-11-9-12-20-29)32-25-35(17-7-3)38(36(26-32)18-8-4)28-30-21-13-10-14-22-30/h5-14,19-26H,1-4,15-18,27-28H2/q+2. The van der Waals surface area contributed by atoms with Gasteiger partial charge in [-0.15, -0.1) is 26.3 Å². The van der Waals surface area contributed by atoms with Gasteiger partial charge >= 0.3 is 0 Å². The number of aromatic nitrogens is 2. The van der Waals surface area contributed by atoms with Crippen molar-refractivity contribution in [1.82, 2.24) is 0 Å². The molecule has 2 heteroatoms. The van der Waals surface area contributed by atoms with Crippen molar-refractivity contribution in [3.05, 3.63) is 169 Å². The van der Waals surface area contributed by atoms with Crippen LogP contribution >= 0.6 is 0 Å². The average Bonchev–Trinajstić information content (AvgIpc) is 2.93. The summed E-state index contributed by atoms with van der Waals surface area (Å²) in [6, 6.07) is 30.5. The number of nitrogens with zero attached hydrogens (tertiary/aromatic N) is 2. The van der Waals surface area contributed by atoms with E-state index in [9.17, 15) is 0 Å². The highest BCUT2D eigenvalue weighted by molar-refractivity contribution is 5.64. The van der Waals surface area contributed by atoms with Gasteiger partial charge in [-0.1, -0.05) is 85.0 Å². The first-order valence-corrected chi connectivity index (χ1v) is 13.3. The van der Waals surface area contributed by atoms with E-state index >= 15 is 0 Å². The van der Waals surface area contributed by atoms with Gasteiger partial charge in [-0.25, -0.2) is 0 Å². The van der Waals surface area contributed by atoms with Crippen molar-refractivity contribution in [1.29, 1.82) is 0 Å². The van der Waals surface area contributed by atoms with E-state index in [4.69, 9.17) is 0 Å². The molecule has 2 nitrogen and oxygen atoms in total. The van der Waals surface area contributed by atoms with E-state index in [1.54, 1.807) is 0 Å². The summed E-state index contributed by atoms with van der Waals surface area (Å²) >= 11 is 0. The van der Waals surface area contributed by atoms with Crippen LogP contribution in [-0.4, -0.2) is 0 Å². The summed E-state index contributed by atoms with van der Waals surface area (Å²) in [7, 11) is 0. The van der Waals surface area contributed by atoms with Crippen molar-refractivity contribution in [2.24, 2.45) is 0 Å². The van der Waals surface area contributed by atoms with Gasteiger partial charge in [-0.3, -0.25) is 0 Å². The quantitative estimate of drug-likeness (QED) is 0.139. The normalized spacial score (nSPS) is 10.6. The zero-order valence-corrected chi connectivity index (χ0v) is 22.4. The molecule has 0 aliphatic carbocycles. The second-order valence-electron chi connectivity index (χ2n) is 9.57. The molecule has 38 heavy (non-hydrogen) atoms. The summed E-state index contributed by atoms with van der Waals surface area (Å²) in [5.74, 6) is 0. The molecule has 2 aromatic carbocycles. The lowest BCUT2D eigenvalue weighted by Crippen LogP contribution is -2.44. The maximum atomic E-state index is 4.05. The first-order chi connectivity index (χ1) is 18.7. The summed E-state index contributed by atoms with van der Waals surface area (Å²) in [4.78, 5) is 0. The van der Waals surface area contributed by atoms with Crippen molar-refractivity contribution in [3.8, 4) is 11.1 Å². The molecule has 0 saturated heterocycles. The second kappa shape index (κ2) is 13.3. The van der Waals surface area contributed by atoms with Crippen molar-refractivity contribution < 1.29 is 9.13 Å². The predicted molar refractivity (Wildman–Crippen MR) is 159 cm³/mol. The van der Waals surface area contributed by atoms with E-state index in [1.165, 1.54) is 45.0 Å². The Morgan fingerprint density at radius 3 is 1.00 bits per heavy atom. The first-order valence-electron chi connectivity index (χ1n) is 13.3. The minimum atomic E-state index is 0.796. The minimum Gasteiger partial charge on any atom is -0.195 e. The topological polar surface area (TPSA) is 7.76 Å². The Bertz CT molecular complexity index is 1240. The van der Waals surface area contributed by atoms with Crippen LogP contribution in [0.5, 0.6) is 0 Å². The Balaban J connectivity index is 1.86. The van der Waals surface area contributed by atoms with E-state index in [0.717, 1.165) is 38.8 Å². The maximum absolute atomic E-state index is 4.05. The highest BCUT2D eigenvalue weighted by Gasteiger charge is 2.23. The zero-order chi connectivity index (χ0) is 26.7. The number of hydrogen-bond donors (Lipinski definition) is 0. The lowest BCUT2D eigenvalue weighted by Gasteiger charge is -2.14. The smallest absolute Gasteiger partial charge is 0.186 e. The molecule has 4 rings (SSSR count). The van der Waals surface area contributed by atoms with Gasteiger partial charge in [0, 0.05) is 35.4 Å². The van der Waals surface area contributed by atoms with Crippen LogP contribution in [0.25, 0.3) is 11.1 Å². The Kier molecular flexibility index (Phi) is 9.37. The molecule has 0 aliphatic rings. The summed E-state index contributed by atoms with van der Waals surface area (Å²) in [6.45, 7) is 17.9. The average molecular weight is 499 g/mol. The molecule has 190 valence electrons. The van der Waals surface area contributed by atoms with Crippen LogP contribution in [-0.2, 0) is 38.8 Å². The Morgan fingerprint density at radius 2 is 0.737 bits per heavy atom. The van der Waals surface area contributed by atoms with Crippen LogP contribution in [0.3, 0.4) is 0 Å². The monoisotopic (exact) mass is 498 g/mol. The molecule has 2 aromatic heterocycles. The van der Waals surface area contributed by atoms with Crippen LogP contribution in [0.1, 0.15) is 33.9 Å². The summed E-state index contributed by atoms with van der Waals surface area (Å²) in [5, 5.41) is 0. The van der Waals surface area contributed by atoms with E-state index in [-0.39, 0.29) is 0 Å². The number of allylic oxidation sites excluding steroid dienone is 4. The third kappa shape index (κ3) is 6.52. The lowest BCUT2D eigenvalue weighted by atomic mass is 9.99. The SMILES string of the molecule is C=CCc1cc(-c2cc(CC=C)[n+](Cc3ccccc3)c(CC=C)c2)cc(CC=C)[n+]1Cc1ccccc1. The Morgan fingerprint density at radius 1 is 0.447 bits per heavy atom. The molecule has 0 N–H and O–H groups in total. The van der Waals surface area contributed by atoms with Gasteiger partial charge in [-0.05, 0) is 11.1 Å². The Labute approximate surface area is 228 Å².